The lowest BCUT2D eigenvalue weighted by molar-refractivity contribution is 0.0805. The summed E-state index contributed by atoms with van der Waals surface area (Å²) in [4.78, 5) is 26.4. The van der Waals surface area contributed by atoms with E-state index in [9.17, 15) is 9.90 Å². The Hall–Kier alpha value is -3.24. The number of ketones is 1. The molecule has 3 N–H and O–H groups in total. The summed E-state index contributed by atoms with van der Waals surface area (Å²) in [5, 5.41) is 16.2. The van der Waals surface area contributed by atoms with Gasteiger partial charge in [0.15, 0.2) is 11.6 Å². The number of rotatable bonds is 10. The number of para-hydroxylation sites is 1. The molecule has 0 radical (unpaired) electrons. The first kappa shape index (κ1) is 29.3. The standard InChI is InChI=1S/C31H39ClN6O3/c1-3-28(40)24-8-4-5-10-26(24)34-30-25(32)20-33-31(36-30)35-27-12-11-21-19-22(7-6-9-23(21)29(27)41-2)38-15-13-37(14-16-38)17-18-39/h4-5,8,10-12,20,22,39H,3,6-7,9,13-19H2,1-2H3,(H2,33,34,35,36)/t22-/m0/s1. The largest absolute Gasteiger partial charge is 0.494 e. The number of hydrogen-bond donors (Lipinski definition) is 3. The number of fused-ring (bicyclic) bond motifs is 1. The van der Waals surface area contributed by atoms with E-state index in [4.69, 9.17) is 16.3 Å². The fourth-order valence-electron chi connectivity index (χ4n) is 5.93. The van der Waals surface area contributed by atoms with E-state index in [0.29, 0.717) is 40.5 Å². The van der Waals surface area contributed by atoms with Gasteiger partial charge in [0.25, 0.3) is 0 Å². The van der Waals surface area contributed by atoms with Crippen LogP contribution in [0.4, 0.5) is 23.1 Å². The summed E-state index contributed by atoms with van der Waals surface area (Å²) in [5.74, 6) is 1.65. The molecule has 0 amide bonds. The molecule has 5 rings (SSSR count). The van der Waals surface area contributed by atoms with Crippen molar-refractivity contribution in [3.05, 3.63) is 64.3 Å². The molecule has 1 aliphatic carbocycles. The molecule has 1 saturated heterocycles. The lowest BCUT2D eigenvalue weighted by Crippen LogP contribution is -2.51. The number of aliphatic hydroxyl groups excluding tert-OH is 1. The highest BCUT2D eigenvalue weighted by molar-refractivity contribution is 6.33. The van der Waals surface area contributed by atoms with E-state index in [1.807, 2.05) is 31.2 Å². The predicted molar refractivity (Wildman–Crippen MR) is 163 cm³/mol. The number of carbonyl (C=O) groups excluding carboxylic acids is 1. The molecule has 0 bridgehead atoms. The molecule has 1 fully saturated rings. The van der Waals surface area contributed by atoms with Crippen LogP contribution in [0.3, 0.4) is 0 Å². The van der Waals surface area contributed by atoms with Crippen molar-refractivity contribution < 1.29 is 14.6 Å². The molecule has 41 heavy (non-hydrogen) atoms. The molecule has 10 heteroatoms. The second-order valence-corrected chi connectivity index (χ2v) is 11.0. The van der Waals surface area contributed by atoms with Gasteiger partial charge in [0.05, 0.1) is 31.3 Å². The van der Waals surface area contributed by atoms with Gasteiger partial charge in [0.1, 0.15) is 10.8 Å². The van der Waals surface area contributed by atoms with Gasteiger partial charge < -0.3 is 20.5 Å². The highest BCUT2D eigenvalue weighted by Crippen LogP contribution is 2.38. The van der Waals surface area contributed by atoms with Crippen molar-refractivity contribution in [2.45, 2.75) is 45.1 Å². The number of methoxy groups -OCH3 is 1. The van der Waals surface area contributed by atoms with Crippen LogP contribution in [0.15, 0.2) is 42.6 Å². The SMILES string of the molecule is CCC(=O)c1ccccc1Nc1nc(Nc2ccc3c(c2OC)CCC[C@H](N2CCN(CCO)CC2)C3)ncc1Cl. The Balaban J connectivity index is 1.34. The van der Waals surface area contributed by atoms with Crippen molar-refractivity contribution in [2.75, 3.05) is 57.1 Å². The minimum Gasteiger partial charge on any atom is -0.494 e. The summed E-state index contributed by atoms with van der Waals surface area (Å²) in [7, 11) is 1.71. The molecular formula is C31H39ClN6O3. The highest BCUT2D eigenvalue weighted by atomic mass is 35.5. The second kappa shape index (κ2) is 13.6. The number of piperazine rings is 1. The molecule has 1 atom stereocenters. The summed E-state index contributed by atoms with van der Waals surface area (Å²) in [6.07, 6.45) is 6.14. The maximum Gasteiger partial charge on any atom is 0.229 e. The zero-order valence-corrected chi connectivity index (χ0v) is 24.6. The molecule has 218 valence electrons. The summed E-state index contributed by atoms with van der Waals surface area (Å²) in [6.45, 7) is 6.92. The minimum absolute atomic E-state index is 0.0394. The Morgan fingerprint density at radius 3 is 2.68 bits per heavy atom. The molecule has 3 aromatic rings. The van der Waals surface area contributed by atoms with Gasteiger partial charge in [0.2, 0.25) is 5.95 Å². The Kier molecular flexibility index (Phi) is 9.72. The lowest BCUT2D eigenvalue weighted by atomic mass is 9.98. The average molecular weight is 579 g/mol. The molecule has 2 heterocycles. The normalized spacial score (nSPS) is 17.9. The van der Waals surface area contributed by atoms with Crippen LogP contribution in [-0.2, 0) is 12.8 Å². The molecule has 0 saturated carbocycles. The molecule has 2 aliphatic rings. The average Bonchev–Trinajstić information content (AvgIpc) is 3.22. The molecule has 1 aliphatic heterocycles. The number of hydrogen-bond acceptors (Lipinski definition) is 9. The van der Waals surface area contributed by atoms with Crippen molar-refractivity contribution in [1.82, 2.24) is 19.8 Å². The molecular weight excluding hydrogens is 540 g/mol. The Bertz CT molecular complexity index is 1360. The van der Waals surface area contributed by atoms with Crippen LogP contribution in [0.1, 0.15) is 47.7 Å². The Morgan fingerprint density at radius 2 is 1.93 bits per heavy atom. The molecule has 1 aromatic heterocycles. The fourth-order valence-corrected chi connectivity index (χ4v) is 6.07. The number of nitrogens with zero attached hydrogens (tertiary/aromatic N) is 4. The third-order valence-corrected chi connectivity index (χ3v) is 8.39. The topological polar surface area (TPSA) is 103 Å². The number of Topliss-reactive ketones (excluding diaryl/α,β-unsaturated/α-hetero) is 1. The number of nitrogens with one attached hydrogen (secondary N) is 2. The molecule has 9 nitrogen and oxygen atoms in total. The number of aliphatic hydroxyl groups is 1. The van der Waals surface area contributed by atoms with Crippen LogP contribution in [0.5, 0.6) is 5.75 Å². The van der Waals surface area contributed by atoms with E-state index >= 15 is 0 Å². The summed E-state index contributed by atoms with van der Waals surface area (Å²) < 4.78 is 5.96. The second-order valence-electron chi connectivity index (χ2n) is 10.6. The van der Waals surface area contributed by atoms with Crippen molar-refractivity contribution >= 4 is 40.5 Å². The summed E-state index contributed by atoms with van der Waals surface area (Å²) in [6, 6.07) is 12.1. The molecule has 0 unspecified atom stereocenters. The highest BCUT2D eigenvalue weighted by Gasteiger charge is 2.28. The number of ether oxygens (including phenoxy) is 1. The van der Waals surface area contributed by atoms with Crippen molar-refractivity contribution in [1.29, 1.82) is 0 Å². The van der Waals surface area contributed by atoms with E-state index < -0.39 is 0 Å². The van der Waals surface area contributed by atoms with Crippen LogP contribution >= 0.6 is 11.6 Å². The number of halogens is 1. The summed E-state index contributed by atoms with van der Waals surface area (Å²) in [5.41, 5.74) is 4.61. The number of benzene rings is 2. The lowest BCUT2D eigenvalue weighted by Gasteiger charge is -2.39. The minimum atomic E-state index is 0.0394. The van der Waals surface area contributed by atoms with Crippen LogP contribution in [0.2, 0.25) is 5.02 Å². The smallest absolute Gasteiger partial charge is 0.229 e. The zero-order chi connectivity index (χ0) is 28.8. The van der Waals surface area contributed by atoms with Gasteiger partial charge in [-0.05, 0) is 55.0 Å². The van der Waals surface area contributed by atoms with Crippen LogP contribution in [0.25, 0.3) is 0 Å². The van der Waals surface area contributed by atoms with Gasteiger partial charge in [-0.2, -0.15) is 4.98 Å². The van der Waals surface area contributed by atoms with E-state index in [2.05, 4.69) is 36.5 Å². The Labute approximate surface area is 246 Å². The zero-order valence-electron chi connectivity index (χ0n) is 23.8. The van der Waals surface area contributed by atoms with Crippen LogP contribution in [-0.4, -0.2) is 83.1 Å². The van der Waals surface area contributed by atoms with E-state index in [1.165, 1.54) is 11.1 Å². The molecule has 0 spiro atoms. The quantitative estimate of drug-likeness (QED) is 0.224. The first-order valence-corrected chi connectivity index (χ1v) is 14.8. The van der Waals surface area contributed by atoms with E-state index in [-0.39, 0.29) is 12.4 Å². The van der Waals surface area contributed by atoms with E-state index in [0.717, 1.165) is 69.8 Å². The summed E-state index contributed by atoms with van der Waals surface area (Å²) >= 11 is 6.45. The van der Waals surface area contributed by atoms with Crippen molar-refractivity contribution in [2.24, 2.45) is 0 Å². The van der Waals surface area contributed by atoms with Gasteiger partial charge in [-0.25, -0.2) is 4.98 Å². The number of aromatic nitrogens is 2. The molecule has 2 aromatic carbocycles. The van der Waals surface area contributed by atoms with Crippen molar-refractivity contribution in [3.8, 4) is 5.75 Å². The van der Waals surface area contributed by atoms with Crippen LogP contribution < -0.4 is 15.4 Å². The predicted octanol–water partition coefficient (Wildman–Crippen LogP) is 5.08. The van der Waals surface area contributed by atoms with E-state index in [1.54, 1.807) is 19.4 Å². The Morgan fingerprint density at radius 1 is 1.12 bits per heavy atom. The van der Waals surface area contributed by atoms with Gasteiger partial charge in [-0.3, -0.25) is 14.6 Å². The van der Waals surface area contributed by atoms with Gasteiger partial charge >= 0.3 is 0 Å². The van der Waals surface area contributed by atoms with Gasteiger partial charge in [-0.15, -0.1) is 0 Å². The number of carbonyl (C=O) groups is 1. The monoisotopic (exact) mass is 578 g/mol. The van der Waals surface area contributed by atoms with Crippen molar-refractivity contribution in [3.63, 3.8) is 0 Å². The maximum atomic E-state index is 12.4. The third kappa shape index (κ3) is 6.81. The third-order valence-electron chi connectivity index (χ3n) is 8.11. The fraction of sp³-hybridized carbons (Fsp3) is 0.452. The van der Waals surface area contributed by atoms with Gasteiger partial charge in [-0.1, -0.05) is 36.7 Å². The number of anilines is 4. The van der Waals surface area contributed by atoms with Crippen LogP contribution in [0, 0.1) is 0 Å². The van der Waals surface area contributed by atoms with Gasteiger partial charge in [0, 0.05) is 50.7 Å². The maximum absolute atomic E-state index is 12.4. The first-order valence-electron chi connectivity index (χ1n) is 14.5. The first-order chi connectivity index (χ1) is 20.0. The number of β-amino-alcohol motifs (C(OH)–C–C–N with tert-alkyl or cyclic N) is 1.